The molecule has 2 unspecified atom stereocenters. The second kappa shape index (κ2) is 7.20. The summed E-state index contributed by atoms with van der Waals surface area (Å²) in [6.45, 7) is 0.499. The third kappa shape index (κ3) is 4.30. The average Bonchev–Trinajstić information content (AvgIpc) is 3.02. The molecule has 1 amide bonds. The van der Waals surface area contributed by atoms with Gasteiger partial charge in [-0.05, 0) is 25.0 Å². The van der Waals surface area contributed by atoms with Crippen LogP contribution in [0.15, 0.2) is 12.1 Å². The molecule has 0 bridgehead atoms. The van der Waals surface area contributed by atoms with Crippen LogP contribution >= 0.6 is 22.9 Å². The molecular formula is C14H18ClNO3S. The minimum absolute atomic E-state index is 0.0575. The van der Waals surface area contributed by atoms with E-state index in [2.05, 4.69) is 5.32 Å². The highest BCUT2D eigenvalue weighted by Gasteiger charge is 2.25. The molecule has 1 aromatic rings. The maximum Gasteiger partial charge on any atom is 0.220 e. The van der Waals surface area contributed by atoms with E-state index in [4.69, 9.17) is 11.6 Å². The number of Topliss-reactive ketones (excluding diaryl/α,β-unsaturated/α-hetero) is 1. The summed E-state index contributed by atoms with van der Waals surface area (Å²) in [5.41, 5.74) is 0. The van der Waals surface area contributed by atoms with Crippen LogP contribution in [0.1, 0.15) is 41.8 Å². The molecule has 110 valence electrons. The van der Waals surface area contributed by atoms with Crippen molar-refractivity contribution < 1.29 is 14.7 Å². The lowest BCUT2D eigenvalue weighted by Crippen LogP contribution is -2.32. The second-order valence-corrected chi connectivity index (χ2v) is 6.80. The maximum absolute atomic E-state index is 11.8. The van der Waals surface area contributed by atoms with Crippen LogP contribution in [0.5, 0.6) is 0 Å². The summed E-state index contributed by atoms with van der Waals surface area (Å²) in [6.07, 6.45) is 2.85. The topological polar surface area (TPSA) is 66.4 Å². The van der Waals surface area contributed by atoms with E-state index >= 15 is 0 Å². The molecule has 0 spiro atoms. The van der Waals surface area contributed by atoms with Crippen molar-refractivity contribution in [2.24, 2.45) is 5.92 Å². The van der Waals surface area contributed by atoms with Crippen molar-refractivity contribution in [2.75, 3.05) is 6.54 Å². The number of hydrogen-bond donors (Lipinski definition) is 2. The highest BCUT2D eigenvalue weighted by molar-refractivity contribution is 7.18. The third-order valence-corrected chi connectivity index (χ3v) is 4.88. The quantitative estimate of drug-likeness (QED) is 0.793. The van der Waals surface area contributed by atoms with Crippen molar-refractivity contribution >= 4 is 34.6 Å². The van der Waals surface area contributed by atoms with Crippen LogP contribution in [0.25, 0.3) is 0 Å². The molecule has 0 saturated heterocycles. The minimum Gasteiger partial charge on any atom is -0.393 e. The Bertz CT molecular complexity index is 489. The van der Waals surface area contributed by atoms with Gasteiger partial charge in [-0.1, -0.05) is 18.0 Å². The Morgan fingerprint density at radius 3 is 2.75 bits per heavy atom. The zero-order valence-electron chi connectivity index (χ0n) is 11.1. The molecule has 20 heavy (non-hydrogen) atoms. The number of halogens is 1. The normalized spacial score (nSPS) is 21.9. The zero-order chi connectivity index (χ0) is 14.5. The summed E-state index contributed by atoms with van der Waals surface area (Å²) in [7, 11) is 0. The standard InChI is InChI=1S/C14H18ClNO3S/c15-13-6-5-12(20-13)11(18)4-7-14(19)16-8-9-2-1-3-10(9)17/h5-6,9-10,17H,1-4,7-8H2,(H,16,19). The highest BCUT2D eigenvalue weighted by Crippen LogP contribution is 2.25. The Hall–Kier alpha value is -0.910. The Labute approximate surface area is 127 Å². The predicted molar refractivity (Wildman–Crippen MR) is 79.3 cm³/mol. The summed E-state index contributed by atoms with van der Waals surface area (Å²) in [4.78, 5) is 24.1. The fourth-order valence-electron chi connectivity index (χ4n) is 2.40. The van der Waals surface area contributed by atoms with E-state index in [1.165, 1.54) is 11.3 Å². The van der Waals surface area contributed by atoms with Gasteiger partial charge in [-0.2, -0.15) is 0 Å². The Kier molecular flexibility index (Phi) is 5.57. The molecule has 4 nitrogen and oxygen atoms in total. The fraction of sp³-hybridized carbons (Fsp3) is 0.571. The first-order valence-electron chi connectivity index (χ1n) is 6.79. The molecule has 2 rings (SSSR count). The number of carbonyl (C=O) groups is 2. The lowest BCUT2D eigenvalue weighted by Gasteiger charge is -2.14. The summed E-state index contributed by atoms with van der Waals surface area (Å²) in [5, 5.41) is 12.4. The van der Waals surface area contributed by atoms with Gasteiger partial charge in [0, 0.05) is 25.3 Å². The molecule has 0 aromatic carbocycles. The number of rotatable bonds is 6. The van der Waals surface area contributed by atoms with Crippen molar-refractivity contribution in [3.05, 3.63) is 21.3 Å². The van der Waals surface area contributed by atoms with Crippen molar-refractivity contribution in [3.8, 4) is 0 Å². The zero-order valence-corrected chi connectivity index (χ0v) is 12.7. The van der Waals surface area contributed by atoms with Gasteiger partial charge in [-0.15, -0.1) is 11.3 Å². The van der Waals surface area contributed by atoms with E-state index in [0.29, 0.717) is 15.8 Å². The van der Waals surface area contributed by atoms with Gasteiger partial charge in [0.15, 0.2) is 5.78 Å². The SMILES string of the molecule is O=C(CCC(=O)c1ccc(Cl)s1)NCC1CCCC1O. The molecule has 1 aliphatic carbocycles. The number of aliphatic hydroxyl groups excluding tert-OH is 1. The molecule has 1 heterocycles. The number of carbonyl (C=O) groups excluding carboxylic acids is 2. The van der Waals surface area contributed by atoms with Gasteiger partial charge >= 0.3 is 0 Å². The Morgan fingerprint density at radius 1 is 1.35 bits per heavy atom. The van der Waals surface area contributed by atoms with Gasteiger partial charge in [-0.25, -0.2) is 0 Å². The predicted octanol–water partition coefficient (Wildman–Crippen LogP) is 2.64. The monoisotopic (exact) mass is 315 g/mol. The van der Waals surface area contributed by atoms with Crippen LogP contribution in [0.3, 0.4) is 0 Å². The van der Waals surface area contributed by atoms with Crippen LogP contribution in [-0.2, 0) is 4.79 Å². The van der Waals surface area contributed by atoms with Gasteiger partial charge in [0.2, 0.25) is 5.91 Å². The third-order valence-electron chi connectivity index (χ3n) is 3.61. The van der Waals surface area contributed by atoms with Gasteiger partial charge in [-0.3, -0.25) is 9.59 Å². The van der Waals surface area contributed by atoms with Crippen LogP contribution in [0, 0.1) is 5.92 Å². The maximum atomic E-state index is 11.8. The van der Waals surface area contributed by atoms with E-state index in [-0.39, 0.29) is 36.6 Å². The second-order valence-electron chi connectivity index (χ2n) is 5.09. The van der Waals surface area contributed by atoms with Gasteiger partial charge < -0.3 is 10.4 Å². The number of hydrogen-bond acceptors (Lipinski definition) is 4. The van der Waals surface area contributed by atoms with Crippen LogP contribution in [0.2, 0.25) is 4.34 Å². The van der Waals surface area contributed by atoms with E-state index in [1.807, 2.05) is 0 Å². The van der Waals surface area contributed by atoms with Gasteiger partial charge in [0.1, 0.15) is 0 Å². The van der Waals surface area contributed by atoms with Crippen molar-refractivity contribution in [1.82, 2.24) is 5.32 Å². The first-order valence-corrected chi connectivity index (χ1v) is 7.99. The van der Waals surface area contributed by atoms with Crippen LogP contribution in [-0.4, -0.2) is 29.4 Å². The van der Waals surface area contributed by atoms with E-state index in [1.54, 1.807) is 12.1 Å². The van der Waals surface area contributed by atoms with Gasteiger partial charge in [0.05, 0.1) is 15.3 Å². The molecular weight excluding hydrogens is 298 g/mol. The lowest BCUT2D eigenvalue weighted by molar-refractivity contribution is -0.121. The molecule has 1 fully saturated rings. The summed E-state index contributed by atoms with van der Waals surface area (Å²) in [6, 6.07) is 3.36. The largest absolute Gasteiger partial charge is 0.393 e. The smallest absolute Gasteiger partial charge is 0.220 e. The van der Waals surface area contributed by atoms with E-state index < -0.39 is 0 Å². The lowest BCUT2D eigenvalue weighted by atomic mass is 10.1. The van der Waals surface area contributed by atoms with Crippen molar-refractivity contribution in [3.63, 3.8) is 0 Å². The number of amides is 1. The van der Waals surface area contributed by atoms with Crippen molar-refractivity contribution in [1.29, 1.82) is 0 Å². The molecule has 1 saturated carbocycles. The van der Waals surface area contributed by atoms with E-state index in [9.17, 15) is 14.7 Å². The van der Waals surface area contributed by atoms with Crippen LogP contribution in [0.4, 0.5) is 0 Å². The molecule has 6 heteroatoms. The summed E-state index contributed by atoms with van der Waals surface area (Å²) < 4.78 is 0.577. The molecule has 1 aromatic heterocycles. The Morgan fingerprint density at radius 2 is 2.15 bits per heavy atom. The highest BCUT2D eigenvalue weighted by atomic mass is 35.5. The molecule has 2 N–H and O–H groups in total. The Balaban J connectivity index is 1.68. The molecule has 2 atom stereocenters. The summed E-state index contributed by atoms with van der Waals surface area (Å²) in [5.74, 6) is -0.0381. The average molecular weight is 316 g/mol. The number of aliphatic hydroxyl groups is 1. The van der Waals surface area contributed by atoms with E-state index in [0.717, 1.165) is 19.3 Å². The van der Waals surface area contributed by atoms with Crippen molar-refractivity contribution in [2.45, 2.75) is 38.2 Å². The molecule has 0 aliphatic heterocycles. The van der Waals surface area contributed by atoms with Crippen LogP contribution < -0.4 is 5.32 Å². The van der Waals surface area contributed by atoms with Gasteiger partial charge in [0.25, 0.3) is 0 Å². The first-order chi connectivity index (χ1) is 9.56. The fourth-order valence-corrected chi connectivity index (χ4v) is 3.41. The number of thiophene rings is 1. The molecule has 0 radical (unpaired) electrons. The summed E-state index contributed by atoms with van der Waals surface area (Å²) >= 11 is 7.00. The number of ketones is 1. The molecule has 1 aliphatic rings. The minimum atomic E-state index is -0.301. The first kappa shape index (κ1) is 15.5. The number of nitrogens with one attached hydrogen (secondary N) is 1.